The molecular formula is C25H27N3O8. The van der Waals surface area contributed by atoms with Crippen molar-refractivity contribution in [1.82, 2.24) is 5.43 Å². The number of methoxy groups -OCH3 is 2. The number of hydrogen-bond acceptors (Lipinski definition) is 10. The Morgan fingerprint density at radius 1 is 1.14 bits per heavy atom. The molecule has 36 heavy (non-hydrogen) atoms. The molecule has 0 fully saturated rings. The smallest absolute Gasteiger partial charge is 0.356 e. The van der Waals surface area contributed by atoms with Gasteiger partial charge in [-0.2, -0.15) is 5.10 Å². The maximum atomic E-state index is 12.4. The first-order chi connectivity index (χ1) is 17.5. The molecule has 2 aliphatic rings. The molecule has 2 aliphatic heterocycles. The summed E-state index contributed by atoms with van der Waals surface area (Å²) in [6.45, 7) is 1.95. The number of benzene rings is 2. The van der Waals surface area contributed by atoms with Gasteiger partial charge >= 0.3 is 5.97 Å². The van der Waals surface area contributed by atoms with Gasteiger partial charge in [0.15, 0.2) is 17.2 Å². The van der Waals surface area contributed by atoms with Gasteiger partial charge in [0.2, 0.25) is 24.2 Å². The van der Waals surface area contributed by atoms with Crippen molar-refractivity contribution < 1.29 is 38.1 Å². The summed E-state index contributed by atoms with van der Waals surface area (Å²) in [6, 6.07) is 9.34. The average molecular weight is 498 g/mol. The van der Waals surface area contributed by atoms with Gasteiger partial charge in [-0.1, -0.05) is 35.5 Å². The quantitative estimate of drug-likeness (QED) is 0.301. The summed E-state index contributed by atoms with van der Waals surface area (Å²) >= 11 is 0. The largest absolute Gasteiger partial charge is 0.492 e. The summed E-state index contributed by atoms with van der Waals surface area (Å²) in [7, 11) is 3.00. The predicted octanol–water partition coefficient (Wildman–Crippen LogP) is 2.38. The van der Waals surface area contributed by atoms with Crippen molar-refractivity contribution in [2.45, 2.75) is 32.3 Å². The van der Waals surface area contributed by atoms with E-state index in [4.69, 9.17) is 28.5 Å². The van der Waals surface area contributed by atoms with Gasteiger partial charge in [-0.25, -0.2) is 10.2 Å². The highest BCUT2D eigenvalue weighted by atomic mass is 16.7. The average Bonchev–Trinajstić information content (AvgIpc) is 3.55. The fourth-order valence-corrected chi connectivity index (χ4v) is 3.98. The second-order valence-corrected chi connectivity index (χ2v) is 7.87. The van der Waals surface area contributed by atoms with Crippen LogP contribution in [0.2, 0.25) is 0 Å². The molecule has 0 saturated carbocycles. The minimum Gasteiger partial charge on any atom is -0.492 e. The van der Waals surface area contributed by atoms with Crippen molar-refractivity contribution in [1.29, 1.82) is 0 Å². The third-order valence-electron chi connectivity index (χ3n) is 5.54. The first-order valence-electron chi connectivity index (χ1n) is 11.4. The zero-order valence-corrected chi connectivity index (χ0v) is 20.2. The molecule has 0 unspecified atom stereocenters. The first kappa shape index (κ1) is 24.8. The Hall–Kier alpha value is -4.28. The molecule has 0 radical (unpaired) electrons. The van der Waals surface area contributed by atoms with E-state index in [-0.39, 0.29) is 44.3 Å². The predicted molar refractivity (Wildman–Crippen MR) is 129 cm³/mol. The van der Waals surface area contributed by atoms with E-state index in [0.29, 0.717) is 34.1 Å². The SMILES string of the molecule is CCOC(=O)C1=NO[C@H](Cc2c(/C=N\NC(=O)Cc3ccccc3)c3c(c(OC)c2OC)OCO3)C1. The fraction of sp³-hybridized carbons (Fsp3) is 0.360. The summed E-state index contributed by atoms with van der Waals surface area (Å²) in [6.07, 6.45) is 1.71. The number of hydrazone groups is 1. The first-order valence-corrected chi connectivity index (χ1v) is 11.4. The molecule has 2 aromatic rings. The van der Waals surface area contributed by atoms with E-state index in [2.05, 4.69) is 15.7 Å². The van der Waals surface area contributed by atoms with E-state index in [0.717, 1.165) is 5.56 Å². The van der Waals surface area contributed by atoms with Crippen LogP contribution in [-0.2, 0) is 32.0 Å². The Labute approximate surface area is 207 Å². The van der Waals surface area contributed by atoms with Gasteiger partial charge in [0.1, 0.15) is 6.10 Å². The van der Waals surface area contributed by atoms with Gasteiger partial charge in [-0.15, -0.1) is 0 Å². The molecule has 1 atom stereocenters. The summed E-state index contributed by atoms with van der Waals surface area (Å²) in [5.41, 5.74) is 4.76. The molecule has 11 nitrogen and oxygen atoms in total. The lowest BCUT2D eigenvalue weighted by molar-refractivity contribution is -0.135. The maximum Gasteiger partial charge on any atom is 0.356 e. The molecule has 0 spiro atoms. The van der Waals surface area contributed by atoms with E-state index >= 15 is 0 Å². The van der Waals surface area contributed by atoms with Gasteiger partial charge in [0, 0.05) is 24.0 Å². The lowest BCUT2D eigenvalue weighted by Gasteiger charge is -2.19. The van der Waals surface area contributed by atoms with Gasteiger partial charge in [-0.05, 0) is 12.5 Å². The number of ether oxygens (including phenoxy) is 5. The second-order valence-electron chi connectivity index (χ2n) is 7.87. The van der Waals surface area contributed by atoms with Gasteiger partial charge in [0.05, 0.1) is 33.5 Å². The van der Waals surface area contributed by atoms with Crippen LogP contribution in [0.15, 0.2) is 40.6 Å². The molecule has 11 heteroatoms. The van der Waals surface area contributed by atoms with Crippen LogP contribution in [0.1, 0.15) is 30.0 Å². The van der Waals surface area contributed by atoms with E-state index in [1.807, 2.05) is 30.3 Å². The molecule has 0 bridgehead atoms. The number of hydrogen-bond donors (Lipinski definition) is 1. The van der Waals surface area contributed by atoms with Crippen LogP contribution in [0.3, 0.4) is 0 Å². The van der Waals surface area contributed by atoms with Crippen LogP contribution in [0.25, 0.3) is 0 Å². The number of esters is 1. The maximum absolute atomic E-state index is 12.4. The number of amides is 1. The molecule has 4 rings (SSSR count). The molecule has 0 aliphatic carbocycles. The summed E-state index contributed by atoms with van der Waals surface area (Å²) in [4.78, 5) is 29.9. The zero-order valence-electron chi connectivity index (χ0n) is 20.2. The van der Waals surface area contributed by atoms with Crippen molar-refractivity contribution in [3.05, 3.63) is 47.0 Å². The normalized spacial score (nSPS) is 15.9. The molecule has 190 valence electrons. The van der Waals surface area contributed by atoms with Crippen LogP contribution in [0, 0.1) is 0 Å². The van der Waals surface area contributed by atoms with Gasteiger partial charge < -0.3 is 28.5 Å². The van der Waals surface area contributed by atoms with Gasteiger partial charge in [-0.3, -0.25) is 4.79 Å². The molecular weight excluding hydrogens is 470 g/mol. The van der Waals surface area contributed by atoms with E-state index in [1.54, 1.807) is 6.92 Å². The molecule has 1 amide bonds. The minimum atomic E-state index is -0.516. The number of nitrogens with one attached hydrogen (secondary N) is 1. The van der Waals surface area contributed by atoms with Crippen LogP contribution < -0.4 is 24.4 Å². The number of nitrogens with zero attached hydrogens (tertiary/aromatic N) is 2. The zero-order chi connectivity index (χ0) is 25.5. The van der Waals surface area contributed by atoms with Gasteiger partial charge in [0.25, 0.3) is 0 Å². The monoisotopic (exact) mass is 497 g/mol. The second kappa shape index (κ2) is 11.4. The summed E-state index contributed by atoms with van der Waals surface area (Å²) in [5, 5.41) is 8.03. The fourth-order valence-electron chi connectivity index (χ4n) is 3.98. The van der Waals surface area contributed by atoms with E-state index in [9.17, 15) is 9.59 Å². The number of carbonyl (C=O) groups excluding carboxylic acids is 2. The standard InChI is InChI=1S/C25H27N3O8/c1-4-33-25(30)19-12-16(36-28-19)11-17-18(13-26-27-20(29)10-15-8-6-5-7-9-15)22-24(35-14-34-22)23(32-3)21(17)31-2/h5-9,13,16H,4,10-12,14H2,1-3H3,(H,27,29)/b26-13-/t16-/m1/s1. The third kappa shape index (κ3) is 5.35. The van der Waals surface area contributed by atoms with E-state index < -0.39 is 12.1 Å². The topological polar surface area (TPSA) is 126 Å². The van der Waals surface area contributed by atoms with Crippen LogP contribution in [-0.4, -0.2) is 57.5 Å². The highest BCUT2D eigenvalue weighted by molar-refractivity contribution is 6.36. The molecule has 0 saturated heterocycles. The lowest BCUT2D eigenvalue weighted by Crippen LogP contribution is -2.21. The highest BCUT2D eigenvalue weighted by Gasteiger charge is 2.34. The van der Waals surface area contributed by atoms with Crippen LogP contribution in [0.5, 0.6) is 23.0 Å². The minimum absolute atomic E-state index is 0.0183. The van der Waals surface area contributed by atoms with Crippen molar-refractivity contribution in [3.63, 3.8) is 0 Å². The summed E-state index contributed by atoms with van der Waals surface area (Å²) < 4.78 is 27.6. The van der Waals surface area contributed by atoms with Crippen molar-refractivity contribution in [3.8, 4) is 23.0 Å². The number of carbonyl (C=O) groups is 2. The molecule has 1 N–H and O–H groups in total. The summed E-state index contributed by atoms with van der Waals surface area (Å²) in [5.74, 6) is 0.721. The molecule has 0 aromatic heterocycles. The van der Waals surface area contributed by atoms with Crippen molar-refractivity contribution >= 4 is 23.8 Å². The number of fused-ring (bicyclic) bond motifs is 1. The van der Waals surface area contributed by atoms with E-state index in [1.165, 1.54) is 20.4 Å². The lowest BCUT2D eigenvalue weighted by atomic mass is 9.96. The highest BCUT2D eigenvalue weighted by Crippen LogP contribution is 2.52. The van der Waals surface area contributed by atoms with Crippen molar-refractivity contribution in [2.75, 3.05) is 27.6 Å². The Morgan fingerprint density at radius 2 is 1.89 bits per heavy atom. The van der Waals surface area contributed by atoms with Crippen molar-refractivity contribution in [2.24, 2.45) is 10.3 Å². The number of rotatable bonds is 10. The third-order valence-corrected chi connectivity index (χ3v) is 5.54. The van der Waals surface area contributed by atoms with Crippen LogP contribution in [0.4, 0.5) is 0 Å². The Kier molecular flexibility index (Phi) is 7.89. The number of oxime groups is 1. The van der Waals surface area contributed by atoms with Crippen LogP contribution >= 0.6 is 0 Å². The molecule has 2 heterocycles. The Balaban J connectivity index is 1.59. The molecule has 2 aromatic carbocycles. The Bertz CT molecular complexity index is 1180. The Morgan fingerprint density at radius 3 is 2.61 bits per heavy atom.